The number of hydrogen-bond donors (Lipinski definition) is 1. The molecule has 2 aromatic rings. The molecule has 0 aliphatic carbocycles. The van der Waals surface area contributed by atoms with Crippen LogP contribution in [0.15, 0.2) is 42.7 Å². The molecule has 4 heteroatoms. The van der Waals surface area contributed by atoms with Crippen LogP contribution >= 0.6 is 11.6 Å². The first-order valence-electron chi connectivity index (χ1n) is 5.66. The largest absolute Gasteiger partial charge is 0.392 e. The zero-order valence-corrected chi connectivity index (χ0v) is 10.4. The molecule has 94 valence electrons. The fourth-order valence-electron chi connectivity index (χ4n) is 1.79. The Bertz CT molecular complexity index is 515. The topological polar surface area (TPSA) is 33.1 Å². The maximum absolute atomic E-state index is 12.7. The van der Waals surface area contributed by atoms with Crippen molar-refractivity contribution in [3.63, 3.8) is 0 Å². The maximum atomic E-state index is 12.7. The van der Waals surface area contributed by atoms with Gasteiger partial charge in [-0.15, -0.1) is 0 Å². The predicted octanol–water partition coefficient (Wildman–Crippen LogP) is 3.02. The molecule has 2 rings (SSSR count). The minimum atomic E-state index is -0.546. The summed E-state index contributed by atoms with van der Waals surface area (Å²) in [7, 11) is 0. The molecular formula is C14H13ClFNO. The van der Waals surface area contributed by atoms with Crippen molar-refractivity contribution in [2.75, 3.05) is 0 Å². The van der Waals surface area contributed by atoms with Gasteiger partial charge in [-0.1, -0.05) is 23.7 Å². The average Bonchev–Trinajstić information content (AvgIpc) is 2.35. The number of benzene rings is 1. The third-order valence-electron chi connectivity index (χ3n) is 2.70. The fourth-order valence-corrected chi connectivity index (χ4v) is 1.98. The van der Waals surface area contributed by atoms with Crippen molar-refractivity contribution in [2.45, 2.75) is 18.9 Å². The summed E-state index contributed by atoms with van der Waals surface area (Å²) in [6.45, 7) is 0. The molecule has 18 heavy (non-hydrogen) atoms. The van der Waals surface area contributed by atoms with Gasteiger partial charge in [-0.2, -0.15) is 0 Å². The summed E-state index contributed by atoms with van der Waals surface area (Å²) in [6, 6.07) is 7.92. The van der Waals surface area contributed by atoms with E-state index in [4.69, 9.17) is 11.6 Å². The molecule has 1 atom stereocenters. The number of aliphatic hydroxyl groups is 1. The number of nitrogens with zero attached hydrogens (tertiary/aromatic N) is 1. The van der Waals surface area contributed by atoms with E-state index in [1.165, 1.54) is 12.1 Å². The van der Waals surface area contributed by atoms with E-state index in [0.717, 1.165) is 11.1 Å². The summed E-state index contributed by atoms with van der Waals surface area (Å²) in [6.07, 6.45) is 3.58. The lowest BCUT2D eigenvalue weighted by Crippen LogP contribution is -2.14. The minimum absolute atomic E-state index is 0.273. The van der Waals surface area contributed by atoms with E-state index in [9.17, 15) is 9.50 Å². The van der Waals surface area contributed by atoms with Crippen LogP contribution in [-0.2, 0) is 12.8 Å². The molecule has 0 aliphatic rings. The third kappa shape index (κ3) is 3.52. The van der Waals surface area contributed by atoms with E-state index in [1.54, 1.807) is 30.6 Å². The van der Waals surface area contributed by atoms with Crippen LogP contribution in [0.3, 0.4) is 0 Å². The van der Waals surface area contributed by atoms with Crippen LogP contribution in [0.2, 0.25) is 5.02 Å². The van der Waals surface area contributed by atoms with Gasteiger partial charge in [0.1, 0.15) is 5.82 Å². The van der Waals surface area contributed by atoms with E-state index < -0.39 is 6.10 Å². The van der Waals surface area contributed by atoms with Crippen molar-refractivity contribution < 1.29 is 9.50 Å². The molecule has 2 nitrogen and oxygen atoms in total. The number of hydrogen-bond acceptors (Lipinski definition) is 2. The molecule has 0 spiro atoms. The smallest absolute Gasteiger partial charge is 0.123 e. The highest BCUT2D eigenvalue weighted by Crippen LogP contribution is 2.17. The van der Waals surface area contributed by atoms with Gasteiger partial charge in [0.25, 0.3) is 0 Å². The standard InChI is InChI=1S/C14H13ClFNO/c15-14-9-17-6-5-11(14)8-13(18)7-10-1-3-12(16)4-2-10/h1-6,9,13,18H,7-8H2. The van der Waals surface area contributed by atoms with Gasteiger partial charge in [0.05, 0.1) is 11.1 Å². The summed E-state index contributed by atoms with van der Waals surface area (Å²) < 4.78 is 12.7. The summed E-state index contributed by atoms with van der Waals surface area (Å²) in [4.78, 5) is 3.89. The lowest BCUT2D eigenvalue weighted by molar-refractivity contribution is 0.175. The van der Waals surface area contributed by atoms with Crippen LogP contribution in [0.4, 0.5) is 4.39 Å². The van der Waals surface area contributed by atoms with Crippen LogP contribution < -0.4 is 0 Å². The Labute approximate surface area is 110 Å². The zero-order chi connectivity index (χ0) is 13.0. The van der Waals surface area contributed by atoms with Gasteiger partial charge in [-0.25, -0.2) is 4.39 Å². The number of halogens is 2. The van der Waals surface area contributed by atoms with Crippen molar-refractivity contribution in [1.29, 1.82) is 0 Å². The molecule has 0 amide bonds. The minimum Gasteiger partial charge on any atom is -0.392 e. The molecule has 1 aromatic heterocycles. The Morgan fingerprint density at radius 3 is 2.56 bits per heavy atom. The van der Waals surface area contributed by atoms with Crippen molar-refractivity contribution in [2.24, 2.45) is 0 Å². The van der Waals surface area contributed by atoms with Crippen LogP contribution in [0.5, 0.6) is 0 Å². The Balaban J connectivity index is 1.99. The molecule has 1 unspecified atom stereocenters. The molecule has 0 fully saturated rings. The predicted molar refractivity (Wildman–Crippen MR) is 69.1 cm³/mol. The molecular weight excluding hydrogens is 253 g/mol. The number of aromatic nitrogens is 1. The second-order valence-corrected chi connectivity index (χ2v) is 4.56. The summed E-state index contributed by atoms with van der Waals surface area (Å²) in [5.41, 5.74) is 1.76. The first-order valence-corrected chi connectivity index (χ1v) is 6.04. The Morgan fingerprint density at radius 1 is 1.17 bits per heavy atom. The van der Waals surface area contributed by atoms with Crippen molar-refractivity contribution >= 4 is 11.6 Å². The first kappa shape index (κ1) is 13.0. The van der Waals surface area contributed by atoms with Crippen LogP contribution in [0.1, 0.15) is 11.1 Å². The number of rotatable bonds is 4. The molecule has 0 saturated heterocycles. The van der Waals surface area contributed by atoms with Crippen molar-refractivity contribution in [3.05, 3.63) is 64.7 Å². The molecule has 1 N–H and O–H groups in total. The highest BCUT2D eigenvalue weighted by Gasteiger charge is 2.09. The SMILES string of the molecule is OC(Cc1ccc(F)cc1)Cc1ccncc1Cl. The summed E-state index contributed by atoms with van der Waals surface area (Å²) in [5, 5.41) is 10.5. The Kier molecular flexibility index (Phi) is 4.28. The van der Waals surface area contributed by atoms with Gasteiger partial charge >= 0.3 is 0 Å². The summed E-state index contributed by atoms with van der Waals surface area (Å²) in [5.74, 6) is -0.273. The monoisotopic (exact) mass is 265 g/mol. The quantitative estimate of drug-likeness (QED) is 0.922. The van der Waals surface area contributed by atoms with Crippen LogP contribution in [0, 0.1) is 5.82 Å². The maximum Gasteiger partial charge on any atom is 0.123 e. The van der Waals surface area contributed by atoms with Gasteiger partial charge in [-0.3, -0.25) is 4.98 Å². The van der Waals surface area contributed by atoms with Gasteiger partial charge in [0.2, 0.25) is 0 Å². The van der Waals surface area contributed by atoms with E-state index >= 15 is 0 Å². The fraction of sp³-hybridized carbons (Fsp3) is 0.214. The van der Waals surface area contributed by atoms with Gasteiger partial charge < -0.3 is 5.11 Å². The summed E-state index contributed by atoms with van der Waals surface area (Å²) >= 11 is 5.97. The van der Waals surface area contributed by atoms with Gasteiger partial charge in [0, 0.05) is 18.8 Å². The Hall–Kier alpha value is -1.45. The second-order valence-electron chi connectivity index (χ2n) is 4.16. The van der Waals surface area contributed by atoms with E-state index in [-0.39, 0.29) is 5.82 Å². The van der Waals surface area contributed by atoms with Crippen molar-refractivity contribution in [1.82, 2.24) is 4.98 Å². The molecule has 1 aromatic carbocycles. The van der Waals surface area contributed by atoms with Crippen LogP contribution in [0.25, 0.3) is 0 Å². The highest BCUT2D eigenvalue weighted by molar-refractivity contribution is 6.31. The molecule has 0 saturated carbocycles. The number of aliphatic hydroxyl groups excluding tert-OH is 1. The normalized spacial score (nSPS) is 12.4. The lowest BCUT2D eigenvalue weighted by Gasteiger charge is -2.11. The van der Waals surface area contributed by atoms with Crippen molar-refractivity contribution in [3.8, 4) is 0 Å². The average molecular weight is 266 g/mol. The lowest BCUT2D eigenvalue weighted by atomic mass is 10.0. The molecule has 1 heterocycles. The van der Waals surface area contributed by atoms with E-state index in [1.807, 2.05) is 0 Å². The molecule has 0 bridgehead atoms. The van der Waals surface area contributed by atoms with E-state index in [0.29, 0.717) is 17.9 Å². The van der Waals surface area contributed by atoms with Crippen LogP contribution in [-0.4, -0.2) is 16.2 Å². The first-order chi connectivity index (χ1) is 8.65. The van der Waals surface area contributed by atoms with E-state index in [2.05, 4.69) is 4.98 Å². The zero-order valence-electron chi connectivity index (χ0n) is 9.68. The number of pyridine rings is 1. The molecule has 0 aliphatic heterocycles. The van der Waals surface area contributed by atoms with Gasteiger partial charge in [0.15, 0.2) is 0 Å². The third-order valence-corrected chi connectivity index (χ3v) is 3.04. The van der Waals surface area contributed by atoms with Gasteiger partial charge in [-0.05, 0) is 35.7 Å². The Morgan fingerprint density at radius 2 is 1.89 bits per heavy atom. The molecule has 0 radical (unpaired) electrons. The highest BCUT2D eigenvalue weighted by atomic mass is 35.5. The second kappa shape index (κ2) is 5.94.